The maximum absolute atomic E-state index is 12.1. The van der Waals surface area contributed by atoms with E-state index in [4.69, 9.17) is 16.3 Å². The van der Waals surface area contributed by atoms with Crippen LogP contribution < -0.4 is 15.5 Å². The van der Waals surface area contributed by atoms with Crippen LogP contribution in [0, 0.1) is 6.92 Å². The van der Waals surface area contributed by atoms with Crippen molar-refractivity contribution in [3.63, 3.8) is 0 Å². The summed E-state index contributed by atoms with van der Waals surface area (Å²) >= 11 is 9.56. The summed E-state index contributed by atoms with van der Waals surface area (Å²) < 4.78 is 6.40. The van der Waals surface area contributed by atoms with Gasteiger partial charge in [-0.3, -0.25) is 9.59 Å². The van der Waals surface area contributed by atoms with E-state index >= 15 is 0 Å². The molecule has 0 spiro atoms. The number of anilines is 1. The van der Waals surface area contributed by atoms with Crippen LogP contribution in [0.1, 0.15) is 21.5 Å². The Morgan fingerprint density at radius 1 is 1.10 bits per heavy atom. The highest BCUT2D eigenvalue weighted by molar-refractivity contribution is 9.10. The number of halogens is 2. The maximum atomic E-state index is 12.1. The van der Waals surface area contributed by atoms with Crippen molar-refractivity contribution in [3.05, 3.63) is 92.9 Å². The number of ether oxygens (including phenoxy) is 1. The molecule has 0 radical (unpaired) electrons. The van der Waals surface area contributed by atoms with Crippen molar-refractivity contribution in [2.75, 3.05) is 11.9 Å². The van der Waals surface area contributed by atoms with Gasteiger partial charge in [0.15, 0.2) is 6.61 Å². The number of hydrogen-bond donors (Lipinski definition) is 2. The molecule has 0 saturated heterocycles. The van der Waals surface area contributed by atoms with Crippen molar-refractivity contribution in [2.24, 2.45) is 5.10 Å². The smallest absolute Gasteiger partial charge is 0.271 e. The molecule has 0 saturated carbocycles. The monoisotopic (exact) mass is 499 g/mol. The first-order valence-electron chi connectivity index (χ1n) is 9.29. The second-order valence-corrected chi connectivity index (χ2v) is 7.87. The molecule has 0 unspecified atom stereocenters. The lowest BCUT2D eigenvalue weighted by atomic mass is 10.2. The number of benzene rings is 3. The van der Waals surface area contributed by atoms with Crippen molar-refractivity contribution in [2.45, 2.75) is 6.92 Å². The summed E-state index contributed by atoms with van der Waals surface area (Å²) in [7, 11) is 0. The van der Waals surface area contributed by atoms with Gasteiger partial charge in [0.25, 0.3) is 11.8 Å². The summed E-state index contributed by atoms with van der Waals surface area (Å²) in [4.78, 5) is 24.2. The summed E-state index contributed by atoms with van der Waals surface area (Å²) in [6, 6.07) is 19.4. The highest BCUT2D eigenvalue weighted by Crippen LogP contribution is 2.25. The molecule has 0 aliphatic heterocycles. The second kappa shape index (κ2) is 10.7. The number of para-hydroxylation sites is 1. The fraction of sp³-hybridized carbons (Fsp3) is 0.0870. The molecule has 6 nitrogen and oxygen atoms in total. The van der Waals surface area contributed by atoms with E-state index in [0.29, 0.717) is 21.9 Å². The minimum Gasteiger partial charge on any atom is -0.482 e. The lowest BCUT2D eigenvalue weighted by molar-refractivity contribution is -0.118. The Balaban J connectivity index is 1.52. The fourth-order valence-corrected chi connectivity index (χ4v) is 3.10. The SMILES string of the molecule is Cc1ccccc1NC(=O)COc1ccc(/C=N/NC(=O)c2ccc(Br)cc2)cc1Cl. The normalized spacial score (nSPS) is 10.7. The van der Waals surface area contributed by atoms with Crippen LogP contribution in [-0.2, 0) is 4.79 Å². The van der Waals surface area contributed by atoms with Gasteiger partial charge in [-0.05, 0) is 66.6 Å². The van der Waals surface area contributed by atoms with E-state index in [9.17, 15) is 9.59 Å². The summed E-state index contributed by atoms with van der Waals surface area (Å²) in [6.45, 7) is 1.74. The Hall–Kier alpha value is -3.16. The molecule has 0 heterocycles. The summed E-state index contributed by atoms with van der Waals surface area (Å²) in [5.74, 6) is -0.237. The number of carbonyl (C=O) groups excluding carboxylic acids is 2. The molecule has 158 valence electrons. The standard InChI is InChI=1S/C23H19BrClN3O3/c1-15-4-2-3-5-20(15)27-22(29)14-31-21-11-6-16(12-19(21)25)13-26-28-23(30)17-7-9-18(24)10-8-17/h2-13H,14H2,1H3,(H,27,29)(H,28,30)/b26-13+. The average Bonchev–Trinajstić information content (AvgIpc) is 2.75. The van der Waals surface area contributed by atoms with E-state index < -0.39 is 0 Å². The van der Waals surface area contributed by atoms with Gasteiger partial charge in [0.05, 0.1) is 11.2 Å². The van der Waals surface area contributed by atoms with E-state index in [2.05, 4.69) is 31.8 Å². The van der Waals surface area contributed by atoms with Crippen LogP contribution in [0.4, 0.5) is 5.69 Å². The Kier molecular flexibility index (Phi) is 7.81. The third kappa shape index (κ3) is 6.67. The van der Waals surface area contributed by atoms with E-state index in [-0.39, 0.29) is 18.4 Å². The van der Waals surface area contributed by atoms with Gasteiger partial charge in [0.2, 0.25) is 0 Å². The van der Waals surface area contributed by atoms with E-state index in [1.165, 1.54) is 6.21 Å². The Morgan fingerprint density at radius 2 is 1.84 bits per heavy atom. The minimum absolute atomic E-state index is 0.176. The molecule has 0 aliphatic carbocycles. The third-order valence-corrected chi connectivity index (χ3v) is 5.04. The highest BCUT2D eigenvalue weighted by Gasteiger charge is 2.08. The van der Waals surface area contributed by atoms with Crippen molar-refractivity contribution in [3.8, 4) is 5.75 Å². The zero-order valence-corrected chi connectivity index (χ0v) is 18.9. The van der Waals surface area contributed by atoms with Gasteiger partial charge in [0.1, 0.15) is 5.75 Å². The van der Waals surface area contributed by atoms with E-state index in [0.717, 1.165) is 15.7 Å². The molecule has 0 atom stereocenters. The largest absolute Gasteiger partial charge is 0.482 e. The predicted molar refractivity (Wildman–Crippen MR) is 126 cm³/mol. The van der Waals surface area contributed by atoms with Gasteiger partial charge in [-0.15, -0.1) is 0 Å². The van der Waals surface area contributed by atoms with Crippen molar-refractivity contribution >= 4 is 51.2 Å². The Morgan fingerprint density at radius 3 is 2.55 bits per heavy atom. The van der Waals surface area contributed by atoms with Crippen LogP contribution >= 0.6 is 27.5 Å². The maximum Gasteiger partial charge on any atom is 0.271 e. The van der Waals surface area contributed by atoms with E-state index in [1.54, 1.807) is 42.5 Å². The van der Waals surface area contributed by atoms with Crippen LogP contribution in [0.15, 0.2) is 76.3 Å². The molecule has 31 heavy (non-hydrogen) atoms. The average molecular weight is 501 g/mol. The first-order chi connectivity index (χ1) is 14.9. The van der Waals surface area contributed by atoms with Crippen LogP contribution in [0.2, 0.25) is 5.02 Å². The molecule has 8 heteroatoms. The van der Waals surface area contributed by atoms with Crippen LogP contribution in [0.3, 0.4) is 0 Å². The zero-order chi connectivity index (χ0) is 22.2. The lowest BCUT2D eigenvalue weighted by Crippen LogP contribution is -2.20. The molecule has 2 N–H and O–H groups in total. The van der Waals surface area contributed by atoms with Gasteiger partial charge >= 0.3 is 0 Å². The fourth-order valence-electron chi connectivity index (χ4n) is 2.59. The highest BCUT2D eigenvalue weighted by atomic mass is 79.9. The zero-order valence-electron chi connectivity index (χ0n) is 16.6. The molecule has 3 aromatic rings. The number of carbonyl (C=O) groups is 2. The lowest BCUT2D eigenvalue weighted by Gasteiger charge is -2.10. The topological polar surface area (TPSA) is 79.8 Å². The third-order valence-electron chi connectivity index (χ3n) is 4.22. The number of nitrogens with one attached hydrogen (secondary N) is 2. The summed E-state index contributed by atoms with van der Waals surface area (Å²) in [5, 5.41) is 7.06. The molecule has 3 aromatic carbocycles. The number of nitrogens with zero attached hydrogens (tertiary/aromatic N) is 1. The minimum atomic E-state index is -0.325. The summed E-state index contributed by atoms with van der Waals surface area (Å²) in [6.07, 6.45) is 1.47. The molecule has 2 amide bonds. The Labute approximate surface area is 193 Å². The van der Waals surface area contributed by atoms with Crippen LogP contribution in [0.5, 0.6) is 5.75 Å². The van der Waals surface area contributed by atoms with E-state index in [1.807, 2.05) is 31.2 Å². The Bertz CT molecular complexity index is 1120. The molecular weight excluding hydrogens is 482 g/mol. The molecule has 0 aromatic heterocycles. The molecule has 0 aliphatic rings. The number of hydrogen-bond acceptors (Lipinski definition) is 4. The number of hydrazone groups is 1. The predicted octanol–water partition coefficient (Wildman–Crippen LogP) is 5.19. The van der Waals surface area contributed by atoms with Gasteiger partial charge in [-0.1, -0.05) is 45.7 Å². The van der Waals surface area contributed by atoms with Crippen molar-refractivity contribution < 1.29 is 14.3 Å². The van der Waals surface area contributed by atoms with Crippen LogP contribution in [-0.4, -0.2) is 24.6 Å². The van der Waals surface area contributed by atoms with Gasteiger partial charge in [-0.25, -0.2) is 5.43 Å². The molecule has 3 rings (SSSR count). The van der Waals surface area contributed by atoms with Crippen molar-refractivity contribution in [1.29, 1.82) is 0 Å². The number of amides is 2. The second-order valence-electron chi connectivity index (χ2n) is 6.55. The van der Waals surface area contributed by atoms with Crippen LogP contribution in [0.25, 0.3) is 0 Å². The number of rotatable bonds is 7. The van der Waals surface area contributed by atoms with Gasteiger partial charge in [-0.2, -0.15) is 5.10 Å². The molecule has 0 fully saturated rings. The first kappa shape index (κ1) is 22.5. The first-order valence-corrected chi connectivity index (χ1v) is 10.5. The van der Waals surface area contributed by atoms with Crippen molar-refractivity contribution in [1.82, 2.24) is 5.43 Å². The van der Waals surface area contributed by atoms with Gasteiger partial charge in [0, 0.05) is 15.7 Å². The number of aryl methyl sites for hydroxylation is 1. The quantitative estimate of drug-likeness (QED) is 0.346. The molecular formula is C23H19BrClN3O3. The van der Waals surface area contributed by atoms with Gasteiger partial charge < -0.3 is 10.1 Å². The molecule has 0 bridgehead atoms. The summed E-state index contributed by atoms with van der Waals surface area (Å²) in [5.41, 5.74) is 5.31.